The van der Waals surface area contributed by atoms with Crippen LogP contribution in [0.15, 0.2) is 72.8 Å². The first-order chi connectivity index (χ1) is 22.1. The van der Waals surface area contributed by atoms with Crippen molar-refractivity contribution in [1.82, 2.24) is 9.80 Å². The lowest BCUT2D eigenvalue weighted by Gasteiger charge is -2.60. The van der Waals surface area contributed by atoms with Crippen molar-refractivity contribution in [2.75, 3.05) is 20.1 Å². The molecule has 1 amide bonds. The molecule has 2 fully saturated rings. The summed E-state index contributed by atoms with van der Waals surface area (Å²) in [6.07, 6.45) is -1.69. The van der Waals surface area contributed by atoms with Gasteiger partial charge in [0.1, 0.15) is 18.0 Å². The van der Waals surface area contributed by atoms with Crippen LogP contribution >= 0.6 is 0 Å². The minimum Gasteiger partial charge on any atom is -0.487 e. The number of esters is 1. The molecular weight excluding hydrogens is 593 g/mol. The van der Waals surface area contributed by atoms with Gasteiger partial charge in [0.25, 0.3) is 5.91 Å². The van der Waals surface area contributed by atoms with E-state index >= 15 is 0 Å². The normalized spacial score (nSPS) is 26.5. The highest BCUT2D eigenvalue weighted by molar-refractivity contribution is 5.94. The second-order valence-electron chi connectivity index (χ2n) is 12.9. The predicted molar refractivity (Wildman–Crippen MR) is 165 cm³/mol. The van der Waals surface area contributed by atoms with Crippen molar-refractivity contribution in [2.45, 2.75) is 68.5 Å². The van der Waals surface area contributed by atoms with Crippen LogP contribution in [0.25, 0.3) is 0 Å². The van der Waals surface area contributed by atoms with Crippen LogP contribution < -0.4 is 4.74 Å². The lowest BCUT2D eigenvalue weighted by molar-refractivity contribution is -0.150. The van der Waals surface area contributed by atoms with Crippen LogP contribution in [0.5, 0.6) is 5.75 Å². The minimum absolute atomic E-state index is 0.214. The molecule has 6 nitrogen and oxygen atoms in total. The Morgan fingerprint density at radius 1 is 1.07 bits per heavy atom. The SMILES string of the molecule is CC(=O)OC(CN1CC[C@]23c4c5cccc4O[C@H]2[C@@H](N(C)C(=O)C#Cc2ccc(C(F)(F)F)cc2)CC[C@H]3[C@H]1C5)c1ccccc1. The summed E-state index contributed by atoms with van der Waals surface area (Å²) in [6, 6.07) is 20.7. The molecule has 3 aromatic rings. The van der Waals surface area contributed by atoms with Gasteiger partial charge in [-0.05, 0) is 79.6 Å². The third-order valence-corrected chi connectivity index (χ3v) is 10.5. The second-order valence-corrected chi connectivity index (χ2v) is 12.9. The van der Waals surface area contributed by atoms with Crippen LogP contribution in [0.4, 0.5) is 13.2 Å². The van der Waals surface area contributed by atoms with E-state index in [0.717, 1.165) is 55.7 Å². The van der Waals surface area contributed by atoms with Gasteiger partial charge < -0.3 is 14.4 Å². The van der Waals surface area contributed by atoms with Gasteiger partial charge in [0.15, 0.2) is 0 Å². The molecule has 6 atom stereocenters. The van der Waals surface area contributed by atoms with Crippen molar-refractivity contribution in [2.24, 2.45) is 5.92 Å². The number of amides is 1. The van der Waals surface area contributed by atoms with Crippen molar-refractivity contribution < 1.29 is 32.2 Å². The molecule has 2 heterocycles. The first kappa shape index (κ1) is 30.4. The Kier molecular flexibility index (Phi) is 7.59. The van der Waals surface area contributed by atoms with Crippen LogP contribution in [0, 0.1) is 17.8 Å². The van der Waals surface area contributed by atoms with Gasteiger partial charge in [-0.15, -0.1) is 0 Å². The van der Waals surface area contributed by atoms with E-state index in [9.17, 15) is 22.8 Å². The Labute approximate surface area is 266 Å². The number of piperidine rings is 1. The number of likely N-dealkylation sites (tertiary alicyclic amines) is 1. The summed E-state index contributed by atoms with van der Waals surface area (Å²) in [6.45, 7) is 2.85. The van der Waals surface area contributed by atoms with Crippen molar-refractivity contribution in [3.8, 4) is 17.6 Å². The zero-order valence-corrected chi connectivity index (χ0v) is 25.7. The Morgan fingerprint density at radius 2 is 1.83 bits per heavy atom. The van der Waals surface area contributed by atoms with Crippen LogP contribution in [0.3, 0.4) is 0 Å². The summed E-state index contributed by atoms with van der Waals surface area (Å²) in [5.74, 6) is 5.90. The monoisotopic (exact) mass is 628 g/mol. The third kappa shape index (κ3) is 5.13. The fourth-order valence-corrected chi connectivity index (χ4v) is 8.59. The predicted octanol–water partition coefficient (Wildman–Crippen LogP) is 5.93. The molecule has 3 aromatic carbocycles. The fourth-order valence-electron chi connectivity index (χ4n) is 8.59. The third-order valence-electron chi connectivity index (χ3n) is 10.5. The maximum Gasteiger partial charge on any atom is 0.416 e. The number of nitrogens with zero attached hydrogens (tertiary/aromatic N) is 2. The molecule has 2 aliphatic carbocycles. The molecule has 0 aromatic heterocycles. The number of hydrogen-bond donors (Lipinski definition) is 0. The number of likely N-dealkylation sites (N-methyl/N-ethyl adjacent to an activating group) is 1. The lowest BCUT2D eigenvalue weighted by Crippen LogP contribution is -2.69. The maximum absolute atomic E-state index is 13.4. The standard InChI is InChI=1S/C37H35F3N2O4/c1-23(43)45-32(25-7-4-3-5-8-25)22-42-20-19-36-28-16-17-29(35(36)46-31-10-6-9-26(34(31)36)21-30(28)42)41(2)33(44)18-13-24-11-14-27(15-12-24)37(38,39)40/h3-12,14-15,28-30,32,35H,16-17,19-22H2,1-2H3/t28-,29-,30+,32?,35-,36-/m0/s1. The van der Waals surface area contributed by atoms with E-state index in [1.807, 2.05) is 42.5 Å². The summed E-state index contributed by atoms with van der Waals surface area (Å²) >= 11 is 0. The molecule has 2 aliphatic heterocycles. The number of carbonyl (C=O) groups is 2. The Bertz CT molecular complexity index is 1710. The molecule has 1 saturated carbocycles. The molecule has 46 heavy (non-hydrogen) atoms. The van der Waals surface area contributed by atoms with Gasteiger partial charge in [0.2, 0.25) is 0 Å². The number of benzene rings is 3. The highest BCUT2D eigenvalue weighted by Gasteiger charge is 2.66. The van der Waals surface area contributed by atoms with E-state index in [-0.39, 0.29) is 35.7 Å². The first-order valence-electron chi connectivity index (χ1n) is 15.8. The highest BCUT2D eigenvalue weighted by Crippen LogP contribution is 2.62. The molecular formula is C37H35F3N2O4. The molecule has 1 unspecified atom stereocenters. The Morgan fingerprint density at radius 3 is 2.54 bits per heavy atom. The van der Waals surface area contributed by atoms with Crippen molar-refractivity contribution >= 4 is 11.9 Å². The summed E-state index contributed by atoms with van der Waals surface area (Å²) in [5.41, 5.74) is 2.85. The van der Waals surface area contributed by atoms with E-state index < -0.39 is 17.6 Å². The number of alkyl halides is 3. The smallest absolute Gasteiger partial charge is 0.416 e. The van der Waals surface area contributed by atoms with Crippen molar-refractivity contribution in [3.63, 3.8) is 0 Å². The van der Waals surface area contributed by atoms with Gasteiger partial charge in [0, 0.05) is 49.0 Å². The molecule has 0 N–H and O–H groups in total. The quantitative estimate of drug-likeness (QED) is 0.259. The number of hydrogen-bond acceptors (Lipinski definition) is 5. The topological polar surface area (TPSA) is 59.1 Å². The molecule has 238 valence electrons. The number of halogens is 3. The van der Waals surface area contributed by atoms with Crippen LogP contribution in [-0.2, 0) is 32.3 Å². The molecule has 0 radical (unpaired) electrons. The average Bonchev–Trinajstić information content (AvgIpc) is 3.38. The van der Waals surface area contributed by atoms with Gasteiger partial charge in [-0.1, -0.05) is 48.4 Å². The van der Waals surface area contributed by atoms with Gasteiger partial charge in [-0.2, -0.15) is 13.2 Å². The number of rotatable bonds is 5. The summed E-state index contributed by atoms with van der Waals surface area (Å²) in [5, 5.41) is 0. The summed E-state index contributed by atoms with van der Waals surface area (Å²) < 4.78 is 51.5. The molecule has 1 spiro atoms. The average molecular weight is 629 g/mol. The van der Waals surface area contributed by atoms with Crippen LogP contribution in [0.2, 0.25) is 0 Å². The summed E-state index contributed by atoms with van der Waals surface area (Å²) in [7, 11) is 1.75. The Balaban J connectivity index is 1.15. The van der Waals surface area contributed by atoms with E-state index in [1.165, 1.54) is 30.2 Å². The van der Waals surface area contributed by atoms with Gasteiger partial charge in [-0.3, -0.25) is 14.5 Å². The second kappa shape index (κ2) is 11.5. The maximum atomic E-state index is 13.4. The zero-order chi connectivity index (χ0) is 32.2. The molecule has 1 saturated heterocycles. The molecule has 2 bridgehead atoms. The lowest BCUT2D eigenvalue weighted by atomic mass is 9.51. The minimum atomic E-state index is -4.43. The van der Waals surface area contributed by atoms with Crippen molar-refractivity contribution in [1.29, 1.82) is 0 Å². The summed E-state index contributed by atoms with van der Waals surface area (Å²) in [4.78, 5) is 29.7. The van der Waals surface area contributed by atoms with Gasteiger partial charge in [0.05, 0.1) is 11.6 Å². The van der Waals surface area contributed by atoms with Crippen molar-refractivity contribution in [3.05, 3.63) is 101 Å². The van der Waals surface area contributed by atoms with Crippen LogP contribution in [0.1, 0.15) is 60.1 Å². The molecule has 7 rings (SSSR count). The van der Waals surface area contributed by atoms with Gasteiger partial charge in [-0.25, -0.2) is 0 Å². The highest BCUT2D eigenvalue weighted by atomic mass is 19.4. The molecule has 9 heteroatoms. The zero-order valence-electron chi connectivity index (χ0n) is 25.7. The number of ether oxygens (including phenoxy) is 2. The first-order valence-corrected chi connectivity index (χ1v) is 15.8. The van der Waals surface area contributed by atoms with Crippen LogP contribution in [-0.4, -0.2) is 60.0 Å². The largest absolute Gasteiger partial charge is 0.487 e. The number of carbonyl (C=O) groups excluding carboxylic acids is 2. The molecule has 4 aliphatic rings. The fraction of sp³-hybridized carbons (Fsp3) is 0.405. The van der Waals surface area contributed by atoms with Gasteiger partial charge >= 0.3 is 12.1 Å². The van der Waals surface area contributed by atoms with E-state index in [4.69, 9.17) is 9.47 Å². The van der Waals surface area contributed by atoms with E-state index in [1.54, 1.807) is 11.9 Å². The Hall–Kier alpha value is -4.29. The van der Waals surface area contributed by atoms with E-state index in [2.05, 4.69) is 22.8 Å². The van der Waals surface area contributed by atoms with E-state index in [0.29, 0.717) is 18.0 Å².